The van der Waals surface area contributed by atoms with Gasteiger partial charge < -0.3 is 20.1 Å². The predicted molar refractivity (Wildman–Crippen MR) is 159 cm³/mol. The minimum Gasteiger partial charge on any atom is -0.497 e. The van der Waals surface area contributed by atoms with E-state index in [9.17, 15) is 18.8 Å². The number of aliphatic imine (C=N–C) groups is 2. The van der Waals surface area contributed by atoms with E-state index in [1.807, 2.05) is 24.3 Å². The maximum Gasteiger partial charge on any atom is 0.270 e. The molecule has 3 amide bonds. The lowest BCUT2D eigenvalue weighted by Crippen LogP contribution is -2.44. The number of methoxy groups -OCH3 is 2. The fourth-order valence-electron chi connectivity index (χ4n) is 4.56. The van der Waals surface area contributed by atoms with Crippen LogP contribution >= 0.6 is 11.8 Å². The molecule has 2 aliphatic heterocycles. The Morgan fingerprint density at radius 3 is 2.55 bits per heavy atom. The van der Waals surface area contributed by atoms with Gasteiger partial charge in [-0.3, -0.25) is 19.3 Å². The largest absolute Gasteiger partial charge is 0.497 e. The zero-order valence-electron chi connectivity index (χ0n) is 22.9. The Hall–Kier alpha value is -4.71. The second kappa shape index (κ2) is 12.9. The van der Waals surface area contributed by atoms with Crippen LogP contribution in [0, 0.1) is 5.82 Å². The minimum absolute atomic E-state index is 0.00971. The Morgan fingerprint density at radius 2 is 1.79 bits per heavy atom. The molecule has 0 bridgehead atoms. The van der Waals surface area contributed by atoms with Crippen LogP contribution in [0.1, 0.15) is 24.0 Å². The number of carbonyl (C=O) groups excluding carboxylic acids is 3. The number of halogens is 1. The van der Waals surface area contributed by atoms with E-state index in [0.717, 1.165) is 17.3 Å². The second-order valence-corrected chi connectivity index (χ2v) is 10.4. The van der Waals surface area contributed by atoms with Crippen LogP contribution in [-0.4, -0.2) is 59.6 Å². The summed E-state index contributed by atoms with van der Waals surface area (Å²) < 4.78 is 23.7. The molecule has 12 heteroatoms. The number of rotatable bonds is 10. The van der Waals surface area contributed by atoms with Crippen molar-refractivity contribution in [2.45, 2.75) is 25.4 Å². The number of fused-ring (bicyclic) bond motifs is 3. The zero-order valence-corrected chi connectivity index (χ0v) is 23.7. The number of para-hydroxylation sites is 1. The van der Waals surface area contributed by atoms with Crippen LogP contribution in [0.5, 0.6) is 11.5 Å². The number of carbonyl (C=O) groups is 3. The van der Waals surface area contributed by atoms with Gasteiger partial charge >= 0.3 is 0 Å². The highest BCUT2D eigenvalue weighted by Gasteiger charge is 2.41. The number of amidine groups is 2. The van der Waals surface area contributed by atoms with Crippen LogP contribution in [0.15, 0.2) is 76.7 Å². The van der Waals surface area contributed by atoms with Crippen molar-refractivity contribution in [3.8, 4) is 11.5 Å². The van der Waals surface area contributed by atoms with E-state index in [4.69, 9.17) is 14.5 Å². The number of anilines is 1. The van der Waals surface area contributed by atoms with Gasteiger partial charge in [-0.1, -0.05) is 36.0 Å². The van der Waals surface area contributed by atoms with Crippen molar-refractivity contribution < 1.29 is 28.2 Å². The highest BCUT2D eigenvalue weighted by Crippen LogP contribution is 2.35. The molecule has 0 aliphatic carbocycles. The number of nitrogens with one attached hydrogen (secondary N) is 2. The molecule has 3 aromatic carbocycles. The third-order valence-corrected chi connectivity index (χ3v) is 7.62. The summed E-state index contributed by atoms with van der Waals surface area (Å²) in [5.74, 6) is 0.181. The highest BCUT2D eigenvalue weighted by atomic mass is 32.2. The van der Waals surface area contributed by atoms with Gasteiger partial charge in [0.05, 0.1) is 31.3 Å². The normalized spacial score (nSPS) is 15.3. The van der Waals surface area contributed by atoms with Gasteiger partial charge in [0.2, 0.25) is 11.8 Å². The third-order valence-electron chi connectivity index (χ3n) is 6.67. The topological polar surface area (TPSA) is 122 Å². The summed E-state index contributed by atoms with van der Waals surface area (Å²) >= 11 is 1.16. The van der Waals surface area contributed by atoms with Crippen LogP contribution < -0.4 is 20.1 Å². The average molecular weight is 590 g/mol. The summed E-state index contributed by atoms with van der Waals surface area (Å²) in [7, 11) is 3.04. The quantitative estimate of drug-likeness (QED) is 0.362. The van der Waals surface area contributed by atoms with E-state index in [2.05, 4.69) is 15.6 Å². The van der Waals surface area contributed by atoms with Crippen LogP contribution in [0.25, 0.3) is 0 Å². The Morgan fingerprint density at radius 1 is 1.00 bits per heavy atom. The summed E-state index contributed by atoms with van der Waals surface area (Å²) in [6.07, 6.45) is 0.253. The van der Waals surface area contributed by atoms with Crippen molar-refractivity contribution >= 4 is 51.9 Å². The van der Waals surface area contributed by atoms with E-state index in [0.29, 0.717) is 39.4 Å². The van der Waals surface area contributed by atoms with Crippen LogP contribution in [0.4, 0.5) is 15.8 Å². The Labute approximate surface area is 246 Å². The molecule has 0 fully saturated rings. The fraction of sp³-hybridized carbons (Fsp3) is 0.233. The lowest BCUT2D eigenvalue weighted by atomic mass is 10.1. The molecule has 0 saturated carbocycles. The molecular formula is C30H28FN5O5S. The standard InChI is InChI=1S/C30H28FN5O5S/c1-40-20-11-13-25(41-2)23(15-20)33-27(38)17-42-30-34-22-6-4-3-5-21(22)28-35-29(39)24(36(28)30)12-14-26(37)32-16-18-7-9-19(31)10-8-18/h3-11,13,15,24H,12,14,16-17H2,1-2H3,(H,32,37)(H,33,38). The number of ether oxygens (including phenoxy) is 2. The molecule has 2 heterocycles. The molecule has 3 aromatic rings. The van der Waals surface area contributed by atoms with Crippen LogP contribution in [0.3, 0.4) is 0 Å². The second-order valence-electron chi connectivity index (χ2n) is 9.42. The molecule has 0 aromatic heterocycles. The lowest BCUT2D eigenvalue weighted by Gasteiger charge is -2.31. The van der Waals surface area contributed by atoms with Crippen molar-refractivity contribution in [1.29, 1.82) is 0 Å². The molecule has 1 atom stereocenters. The summed E-state index contributed by atoms with van der Waals surface area (Å²) in [6.45, 7) is 0.242. The van der Waals surface area contributed by atoms with Gasteiger partial charge in [-0.25, -0.2) is 9.38 Å². The molecule has 2 N–H and O–H groups in total. The number of nitrogens with zero attached hydrogens (tertiary/aromatic N) is 3. The Bertz CT molecular complexity index is 1580. The number of amides is 3. The van der Waals surface area contributed by atoms with Crippen molar-refractivity contribution in [3.05, 3.63) is 83.7 Å². The van der Waals surface area contributed by atoms with Gasteiger partial charge in [0.25, 0.3) is 5.91 Å². The number of thioether (sulfide) groups is 1. The van der Waals surface area contributed by atoms with E-state index < -0.39 is 6.04 Å². The number of benzene rings is 3. The van der Waals surface area contributed by atoms with E-state index in [1.54, 1.807) is 35.2 Å². The molecule has 0 saturated heterocycles. The molecular weight excluding hydrogens is 561 g/mol. The number of hydrogen-bond donors (Lipinski definition) is 2. The SMILES string of the molecule is COc1ccc(OC)c(NC(=O)CSC2=Nc3ccccc3C3=NC(=O)C(CCC(=O)NCc4ccc(F)cc4)N23)c1. The first kappa shape index (κ1) is 28.8. The highest BCUT2D eigenvalue weighted by molar-refractivity contribution is 8.14. The van der Waals surface area contributed by atoms with Gasteiger partial charge in [-0.15, -0.1) is 0 Å². The first-order valence-corrected chi connectivity index (χ1v) is 14.1. The predicted octanol–water partition coefficient (Wildman–Crippen LogP) is 4.27. The molecule has 10 nitrogen and oxygen atoms in total. The number of hydrogen-bond acceptors (Lipinski definition) is 8. The van der Waals surface area contributed by atoms with Gasteiger partial charge in [0.1, 0.15) is 29.2 Å². The molecule has 1 unspecified atom stereocenters. The van der Waals surface area contributed by atoms with Crippen LogP contribution in [-0.2, 0) is 20.9 Å². The Kier molecular flexibility index (Phi) is 8.82. The van der Waals surface area contributed by atoms with Gasteiger partial charge in [-0.05, 0) is 48.4 Å². The first-order valence-electron chi connectivity index (χ1n) is 13.1. The first-order chi connectivity index (χ1) is 20.4. The van der Waals surface area contributed by atoms with E-state index in [1.165, 1.54) is 26.4 Å². The summed E-state index contributed by atoms with van der Waals surface area (Å²) in [5.41, 5.74) is 2.55. The van der Waals surface area contributed by atoms with Gasteiger partial charge in [-0.2, -0.15) is 4.99 Å². The molecule has 2 aliphatic rings. The fourth-order valence-corrected chi connectivity index (χ4v) is 5.41. The Balaban J connectivity index is 1.27. The van der Waals surface area contributed by atoms with Gasteiger partial charge in [0.15, 0.2) is 5.17 Å². The lowest BCUT2D eigenvalue weighted by molar-refractivity contribution is -0.122. The molecule has 42 heavy (non-hydrogen) atoms. The average Bonchev–Trinajstić information content (AvgIpc) is 3.34. The summed E-state index contributed by atoms with van der Waals surface area (Å²) in [5, 5.41) is 6.07. The molecule has 216 valence electrons. The van der Waals surface area contributed by atoms with Crippen molar-refractivity contribution in [2.75, 3.05) is 25.3 Å². The zero-order chi connectivity index (χ0) is 29.6. The smallest absolute Gasteiger partial charge is 0.270 e. The van der Waals surface area contributed by atoms with Crippen molar-refractivity contribution in [3.63, 3.8) is 0 Å². The minimum atomic E-state index is -0.752. The van der Waals surface area contributed by atoms with E-state index in [-0.39, 0.29) is 48.7 Å². The monoisotopic (exact) mass is 589 g/mol. The van der Waals surface area contributed by atoms with Crippen LogP contribution in [0.2, 0.25) is 0 Å². The summed E-state index contributed by atoms with van der Waals surface area (Å²) in [4.78, 5) is 49.4. The van der Waals surface area contributed by atoms with Crippen molar-refractivity contribution in [1.82, 2.24) is 10.2 Å². The molecule has 5 rings (SSSR count). The maximum atomic E-state index is 13.2. The van der Waals surface area contributed by atoms with Crippen molar-refractivity contribution in [2.24, 2.45) is 9.98 Å². The third kappa shape index (κ3) is 6.44. The molecule has 0 radical (unpaired) electrons. The van der Waals surface area contributed by atoms with Gasteiger partial charge in [0, 0.05) is 24.6 Å². The molecule has 0 spiro atoms. The van der Waals surface area contributed by atoms with E-state index >= 15 is 0 Å². The maximum absolute atomic E-state index is 13.2. The summed E-state index contributed by atoms with van der Waals surface area (Å²) in [6, 6.07) is 17.5.